The van der Waals surface area contributed by atoms with E-state index in [1.807, 2.05) is 0 Å². The predicted molar refractivity (Wildman–Crippen MR) is 73.8 cm³/mol. The first-order valence-corrected chi connectivity index (χ1v) is 8.00. The summed E-state index contributed by atoms with van der Waals surface area (Å²) in [4.78, 5) is 2.65. The van der Waals surface area contributed by atoms with Crippen LogP contribution in [0.3, 0.4) is 0 Å². The number of hydrogen-bond donors (Lipinski definition) is 1. The van der Waals surface area contributed by atoms with E-state index in [0.29, 0.717) is 6.10 Å². The summed E-state index contributed by atoms with van der Waals surface area (Å²) in [7, 11) is 0. The Morgan fingerprint density at radius 3 is 2.72 bits per heavy atom. The minimum atomic E-state index is 0.551. The second-order valence-electron chi connectivity index (χ2n) is 6.36. The largest absolute Gasteiger partial charge is 0.378 e. The smallest absolute Gasteiger partial charge is 0.0587 e. The molecule has 0 amide bonds. The maximum absolute atomic E-state index is 5.83. The highest BCUT2D eigenvalue weighted by Gasteiger charge is 2.27. The molecule has 2 saturated heterocycles. The SMILES string of the molecule is C1CCC(CCN2CCCC(NC3CC3)C2)OC1. The van der Waals surface area contributed by atoms with Crippen LogP contribution in [0, 0.1) is 0 Å². The molecule has 2 aliphatic heterocycles. The van der Waals surface area contributed by atoms with Gasteiger partial charge in [-0.1, -0.05) is 0 Å². The van der Waals surface area contributed by atoms with Gasteiger partial charge in [-0.2, -0.15) is 0 Å². The lowest BCUT2D eigenvalue weighted by Gasteiger charge is -2.34. The van der Waals surface area contributed by atoms with Crippen molar-refractivity contribution in [3.63, 3.8) is 0 Å². The fourth-order valence-corrected chi connectivity index (χ4v) is 3.34. The zero-order valence-corrected chi connectivity index (χ0v) is 11.6. The minimum absolute atomic E-state index is 0.551. The zero-order chi connectivity index (χ0) is 12.2. The van der Waals surface area contributed by atoms with Crippen LogP contribution < -0.4 is 5.32 Å². The third-order valence-corrected chi connectivity index (χ3v) is 4.60. The van der Waals surface area contributed by atoms with Crippen molar-refractivity contribution in [2.45, 2.75) is 69.6 Å². The van der Waals surface area contributed by atoms with Crippen molar-refractivity contribution in [3.05, 3.63) is 0 Å². The van der Waals surface area contributed by atoms with Gasteiger partial charge in [0.05, 0.1) is 6.10 Å². The molecule has 0 aromatic rings. The number of ether oxygens (including phenoxy) is 1. The van der Waals surface area contributed by atoms with E-state index < -0.39 is 0 Å². The maximum atomic E-state index is 5.83. The molecule has 0 spiro atoms. The zero-order valence-electron chi connectivity index (χ0n) is 11.6. The van der Waals surface area contributed by atoms with E-state index in [9.17, 15) is 0 Å². The molecule has 0 radical (unpaired) electrons. The Balaban J connectivity index is 1.35. The fraction of sp³-hybridized carbons (Fsp3) is 1.00. The van der Waals surface area contributed by atoms with Gasteiger partial charge in [-0.15, -0.1) is 0 Å². The van der Waals surface area contributed by atoms with Crippen LogP contribution in [0.1, 0.15) is 51.4 Å². The Hall–Kier alpha value is -0.120. The number of nitrogens with one attached hydrogen (secondary N) is 1. The summed E-state index contributed by atoms with van der Waals surface area (Å²) < 4.78 is 5.83. The highest BCUT2D eigenvalue weighted by molar-refractivity contribution is 4.88. The van der Waals surface area contributed by atoms with Gasteiger partial charge in [0.2, 0.25) is 0 Å². The van der Waals surface area contributed by atoms with Crippen molar-refractivity contribution < 1.29 is 4.74 Å². The summed E-state index contributed by atoms with van der Waals surface area (Å²) >= 11 is 0. The van der Waals surface area contributed by atoms with Gasteiger partial charge in [-0.05, 0) is 57.9 Å². The predicted octanol–water partition coefficient (Wildman–Crippen LogP) is 2.16. The fourth-order valence-electron chi connectivity index (χ4n) is 3.34. The average molecular weight is 252 g/mol. The van der Waals surface area contributed by atoms with E-state index in [2.05, 4.69) is 10.2 Å². The third kappa shape index (κ3) is 3.94. The lowest BCUT2D eigenvalue weighted by Crippen LogP contribution is -2.47. The second kappa shape index (κ2) is 6.36. The Morgan fingerprint density at radius 2 is 1.94 bits per heavy atom. The van der Waals surface area contributed by atoms with E-state index in [1.54, 1.807) is 0 Å². The molecule has 3 heteroatoms. The summed E-state index contributed by atoms with van der Waals surface area (Å²) in [5.74, 6) is 0. The molecule has 2 heterocycles. The third-order valence-electron chi connectivity index (χ3n) is 4.60. The van der Waals surface area contributed by atoms with Crippen molar-refractivity contribution in [1.29, 1.82) is 0 Å². The summed E-state index contributed by atoms with van der Waals surface area (Å²) in [6.07, 6.45) is 11.3. The highest BCUT2D eigenvalue weighted by atomic mass is 16.5. The van der Waals surface area contributed by atoms with E-state index in [1.165, 1.54) is 71.0 Å². The highest BCUT2D eigenvalue weighted by Crippen LogP contribution is 2.22. The van der Waals surface area contributed by atoms with Gasteiger partial charge in [0, 0.05) is 31.8 Å². The van der Waals surface area contributed by atoms with Crippen LogP contribution in [0.4, 0.5) is 0 Å². The summed E-state index contributed by atoms with van der Waals surface area (Å²) in [5.41, 5.74) is 0. The van der Waals surface area contributed by atoms with Crippen LogP contribution in [-0.4, -0.2) is 49.3 Å². The maximum Gasteiger partial charge on any atom is 0.0587 e. The average Bonchev–Trinajstić information content (AvgIpc) is 3.22. The molecular formula is C15H28N2O. The van der Waals surface area contributed by atoms with E-state index >= 15 is 0 Å². The Kier molecular flexibility index (Phi) is 4.55. The molecule has 1 N–H and O–H groups in total. The Labute approximate surface area is 111 Å². The number of rotatable bonds is 5. The molecule has 3 rings (SSSR count). The minimum Gasteiger partial charge on any atom is -0.378 e. The van der Waals surface area contributed by atoms with Gasteiger partial charge in [0.15, 0.2) is 0 Å². The molecule has 0 aromatic carbocycles. The number of nitrogens with zero attached hydrogens (tertiary/aromatic N) is 1. The van der Waals surface area contributed by atoms with E-state index in [-0.39, 0.29) is 0 Å². The first-order chi connectivity index (χ1) is 8.90. The molecule has 2 unspecified atom stereocenters. The second-order valence-corrected chi connectivity index (χ2v) is 6.36. The molecule has 0 aromatic heterocycles. The van der Waals surface area contributed by atoms with Gasteiger partial charge < -0.3 is 15.0 Å². The quantitative estimate of drug-likeness (QED) is 0.811. The molecule has 1 aliphatic carbocycles. The van der Waals surface area contributed by atoms with Crippen molar-refractivity contribution >= 4 is 0 Å². The Bertz CT molecular complexity index is 249. The lowest BCUT2D eigenvalue weighted by molar-refractivity contribution is 0.00376. The van der Waals surface area contributed by atoms with Crippen LogP contribution in [-0.2, 0) is 4.74 Å². The van der Waals surface area contributed by atoms with Crippen LogP contribution in [0.5, 0.6) is 0 Å². The number of likely N-dealkylation sites (tertiary alicyclic amines) is 1. The normalized spacial score (nSPS) is 34.7. The van der Waals surface area contributed by atoms with E-state index in [0.717, 1.165) is 18.7 Å². The monoisotopic (exact) mass is 252 g/mol. The molecule has 2 atom stereocenters. The van der Waals surface area contributed by atoms with Crippen LogP contribution in [0.15, 0.2) is 0 Å². The van der Waals surface area contributed by atoms with Crippen molar-refractivity contribution in [3.8, 4) is 0 Å². The van der Waals surface area contributed by atoms with Gasteiger partial charge in [0.25, 0.3) is 0 Å². The van der Waals surface area contributed by atoms with Crippen molar-refractivity contribution in [2.24, 2.45) is 0 Å². The Morgan fingerprint density at radius 1 is 1.00 bits per heavy atom. The summed E-state index contributed by atoms with van der Waals surface area (Å²) in [5, 5.41) is 3.79. The number of hydrogen-bond acceptors (Lipinski definition) is 3. The standard InChI is InChI=1S/C15H28N2O/c1-2-11-18-15(5-1)8-10-17-9-3-4-14(12-17)16-13-6-7-13/h13-16H,1-12H2. The van der Waals surface area contributed by atoms with Crippen molar-refractivity contribution in [1.82, 2.24) is 10.2 Å². The first-order valence-electron chi connectivity index (χ1n) is 8.00. The first kappa shape index (κ1) is 12.9. The van der Waals surface area contributed by atoms with Crippen molar-refractivity contribution in [2.75, 3.05) is 26.2 Å². The van der Waals surface area contributed by atoms with E-state index in [4.69, 9.17) is 4.74 Å². The molecule has 3 aliphatic rings. The molecule has 3 fully saturated rings. The van der Waals surface area contributed by atoms with Gasteiger partial charge in [-0.25, -0.2) is 0 Å². The molecule has 0 bridgehead atoms. The molecular weight excluding hydrogens is 224 g/mol. The topological polar surface area (TPSA) is 24.5 Å². The van der Waals surface area contributed by atoms with Gasteiger partial charge >= 0.3 is 0 Å². The van der Waals surface area contributed by atoms with Crippen LogP contribution in [0.25, 0.3) is 0 Å². The molecule has 18 heavy (non-hydrogen) atoms. The number of piperidine rings is 1. The molecule has 1 saturated carbocycles. The molecule has 3 nitrogen and oxygen atoms in total. The molecule has 104 valence electrons. The summed E-state index contributed by atoms with van der Waals surface area (Å²) in [6.45, 7) is 4.81. The lowest BCUT2D eigenvalue weighted by atomic mass is 10.0. The van der Waals surface area contributed by atoms with Crippen LogP contribution in [0.2, 0.25) is 0 Å². The van der Waals surface area contributed by atoms with Crippen LogP contribution >= 0.6 is 0 Å². The summed E-state index contributed by atoms with van der Waals surface area (Å²) in [6, 6.07) is 1.62. The van der Waals surface area contributed by atoms with Gasteiger partial charge in [0.1, 0.15) is 0 Å². The van der Waals surface area contributed by atoms with Gasteiger partial charge in [-0.3, -0.25) is 0 Å².